The first-order valence-electron chi connectivity index (χ1n) is 5.76. The second-order valence-corrected chi connectivity index (χ2v) is 5.83. The van der Waals surface area contributed by atoms with Gasteiger partial charge in [-0.15, -0.1) is 0 Å². The van der Waals surface area contributed by atoms with Crippen molar-refractivity contribution in [1.29, 1.82) is 0 Å². The van der Waals surface area contributed by atoms with Gasteiger partial charge in [0, 0.05) is 0 Å². The summed E-state index contributed by atoms with van der Waals surface area (Å²) >= 11 is 0. The molecule has 0 saturated carbocycles. The molecule has 7 heteroatoms. The van der Waals surface area contributed by atoms with Crippen molar-refractivity contribution >= 4 is 15.7 Å². The van der Waals surface area contributed by atoms with Crippen molar-refractivity contribution in [1.82, 2.24) is 10.2 Å². The summed E-state index contributed by atoms with van der Waals surface area (Å²) in [6.07, 6.45) is 1.28. The van der Waals surface area contributed by atoms with E-state index in [9.17, 15) is 8.42 Å². The second kappa shape index (κ2) is 5.41. The van der Waals surface area contributed by atoms with Crippen LogP contribution in [0.1, 0.15) is 5.69 Å². The fourth-order valence-electron chi connectivity index (χ4n) is 1.79. The lowest BCUT2D eigenvalue weighted by molar-refractivity contribution is 0.306. The van der Waals surface area contributed by atoms with Crippen molar-refractivity contribution in [2.24, 2.45) is 0 Å². The van der Waals surface area contributed by atoms with E-state index in [2.05, 4.69) is 10.2 Å². The first-order valence-corrected chi connectivity index (χ1v) is 7.20. The number of hydrogen-bond acceptors (Lipinski definition) is 4. The minimum atomic E-state index is -3.72. The molecule has 0 aliphatic rings. The molecule has 2 rings (SSSR count). The number of sulfonamides is 1. The number of aromatic amines is 1. The quantitative estimate of drug-likeness (QED) is 0.852. The summed E-state index contributed by atoms with van der Waals surface area (Å²) in [5.74, 6) is 0. The molecule has 0 bridgehead atoms. The molecule has 1 aromatic carbocycles. The van der Waals surface area contributed by atoms with Crippen LogP contribution < -0.4 is 4.31 Å². The van der Waals surface area contributed by atoms with Crippen LogP contribution in [0.5, 0.6) is 0 Å². The van der Waals surface area contributed by atoms with E-state index < -0.39 is 10.0 Å². The molecule has 2 N–H and O–H groups in total. The summed E-state index contributed by atoms with van der Waals surface area (Å²) in [5.41, 5.74) is 0.982. The molecule has 0 fully saturated rings. The van der Waals surface area contributed by atoms with Crippen molar-refractivity contribution in [3.05, 3.63) is 42.2 Å². The third-order valence-electron chi connectivity index (χ3n) is 2.70. The first kappa shape index (κ1) is 13.6. The highest BCUT2D eigenvalue weighted by Crippen LogP contribution is 2.24. The first-order chi connectivity index (χ1) is 9.07. The van der Waals surface area contributed by atoms with Gasteiger partial charge in [0.15, 0.2) is 0 Å². The van der Waals surface area contributed by atoms with E-state index >= 15 is 0 Å². The van der Waals surface area contributed by atoms with Crippen LogP contribution in [-0.4, -0.2) is 36.9 Å². The number of aromatic nitrogens is 2. The number of anilines is 1. The lowest BCUT2D eigenvalue weighted by atomic mass is 10.3. The molecule has 0 radical (unpaired) electrons. The Balaban J connectivity index is 2.48. The standard InChI is InChI=1S/C12H15N3O3S/c1-10-12(9-13-14-10)19(17,18)15(7-8-16)11-5-3-2-4-6-11/h2-6,9,16H,7-8H2,1H3,(H,13,14). The molecular formula is C12H15N3O3S. The number of hydrogen-bond donors (Lipinski definition) is 2. The van der Waals surface area contributed by atoms with Gasteiger partial charge in [-0.2, -0.15) is 5.10 Å². The predicted octanol–water partition coefficient (Wildman–Crippen LogP) is 0.906. The van der Waals surface area contributed by atoms with Crippen LogP contribution in [0, 0.1) is 6.92 Å². The Labute approximate surface area is 111 Å². The molecule has 1 heterocycles. The maximum atomic E-state index is 12.6. The Hall–Kier alpha value is -1.86. The highest BCUT2D eigenvalue weighted by Gasteiger charge is 2.27. The molecule has 0 spiro atoms. The Morgan fingerprint density at radius 3 is 2.53 bits per heavy atom. The smallest absolute Gasteiger partial charge is 0.267 e. The lowest BCUT2D eigenvalue weighted by Crippen LogP contribution is -2.33. The summed E-state index contributed by atoms with van der Waals surface area (Å²) in [6, 6.07) is 8.66. The molecule has 0 atom stereocenters. The van der Waals surface area contributed by atoms with Gasteiger partial charge in [0.05, 0.1) is 30.7 Å². The van der Waals surface area contributed by atoms with Crippen LogP contribution in [-0.2, 0) is 10.0 Å². The van der Waals surface area contributed by atoms with Gasteiger partial charge >= 0.3 is 0 Å². The number of para-hydroxylation sites is 1. The van der Waals surface area contributed by atoms with Gasteiger partial charge in [-0.05, 0) is 19.1 Å². The maximum absolute atomic E-state index is 12.6. The van der Waals surface area contributed by atoms with Gasteiger partial charge in [0.25, 0.3) is 10.0 Å². The third-order valence-corrected chi connectivity index (χ3v) is 4.64. The van der Waals surface area contributed by atoms with E-state index in [0.29, 0.717) is 11.4 Å². The fourth-order valence-corrected chi connectivity index (χ4v) is 3.37. The molecule has 102 valence electrons. The summed E-state index contributed by atoms with van der Waals surface area (Å²) in [6.45, 7) is 1.38. The van der Waals surface area contributed by atoms with Gasteiger partial charge < -0.3 is 5.11 Å². The molecular weight excluding hydrogens is 266 g/mol. The molecule has 0 unspecified atom stereocenters. The zero-order valence-corrected chi connectivity index (χ0v) is 11.3. The predicted molar refractivity (Wildman–Crippen MR) is 71.4 cm³/mol. The highest BCUT2D eigenvalue weighted by molar-refractivity contribution is 7.92. The molecule has 0 aliphatic carbocycles. The molecule has 2 aromatic rings. The zero-order valence-electron chi connectivity index (χ0n) is 10.4. The van der Waals surface area contributed by atoms with Crippen molar-refractivity contribution < 1.29 is 13.5 Å². The van der Waals surface area contributed by atoms with Crippen LogP contribution in [0.2, 0.25) is 0 Å². The molecule has 0 saturated heterocycles. The number of benzene rings is 1. The van der Waals surface area contributed by atoms with Crippen LogP contribution in [0.3, 0.4) is 0 Å². The number of aliphatic hydroxyl groups excluding tert-OH is 1. The molecule has 0 aliphatic heterocycles. The second-order valence-electron chi connectivity index (χ2n) is 4.00. The topological polar surface area (TPSA) is 86.3 Å². The summed E-state index contributed by atoms with van der Waals surface area (Å²) in [4.78, 5) is 0.116. The van der Waals surface area contributed by atoms with E-state index in [1.165, 1.54) is 10.5 Å². The third kappa shape index (κ3) is 2.61. The van der Waals surface area contributed by atoms with Crippen molar-refractivity contribution in [3.8, 4) is 0 Å². The average Bonchev–Trinajstić information content (AvgIpc) is 2.84. The van der Waals surface area contributed by atoms with E-state index in [1.807, 2.05) is 0 Å². The number of nitrogens with zero attached hydrogens (tertiary/aromatic N) is 2. The Kier molecular flexibility index (Phi) is 3.87. The van der Waals surface area contributed by atoms with Crippen LogP contribution in [0.4, 0.5) is 5.69 Å². The van der Waals surface area contributed by atoms with Gasteiger partial charge in [-0.3, -0.25) is 9.40 Å². The van der Waals surface area contributed by atoms with Crippen molar-refractivity contribution in [2.75, 3.05) is 17.5 Å². The highest BCUT2D eigenvalue weighted by atomic mass is 32.2. The number of H-pyrrole nitrogens is 1. The zero-order chi connectivity index (χ0) is 13.9. The van der Waals surface area contributed by atoms with Crippen LogP contribution in [0.25, 0.3) is 0 Å². The van der Waals surface area contributed by atoms with Gasteiger partial charge in [0.2, 0.25) is 0 Å². The monoisotopic (exact) mass is 281 g/mol. The molecule has 19 heavy (non-hydrogen) atoms. The van der Waals surface area contributed by atoms with Crippen LogP contribution in [0.15, 0.2) is 41.4 Å². The Morgan fingerprint density at radius 1 is 1.32 bits per heavy atom. The van der Waals surface area contributed by atoms with E-state index in [1.54, 1.807) is 37.3 Å². The van der Waals surface area contributed by atoms with Crippen LogP contribution >= 0.6 is 0 Å². The normalized spacial score (nSPS) is 11.5. The lowest BCUT2D eigenvalue weighted by Gasteiger charge is -2.23. The molecule has 6 nitrogen and oxygen atoms in total. The maximum Gasteiger partial charge on any atom is 0.267 e. The van der Waals surface area contributed by atoms with Crippen molar-refractivity contribution in [2.45, 2.75) is 11.8 Å². The average molecular weight is 281 g/mol. The molecule has 1 aromatic heterocycles. The summed E-state index contributed by atoms with van der Waals surface area (Å²) in [7, 11) is -3.72. The minimum absolute atomic E-state index is 0.00301. The van der Waals surface area contributed by atoms with E-state index in [0.717, 1.165) is 0 Å². The number of nitrogens with one attached hydrogen (secondary N) is 1. The fraction of sp³-hybridized carbons (Fsp3) is 0.250. The molecule has 0 amide bonds. The van der Waals surface area contributed by atoms with Gasteiger partial charge in [0.1, 0.15) is 4.90 Å². The Morgan fingerprint density at radius 2 is 2.00 bits per heavy atom. The number of aliphatic hydroxyl groups is 1. The summed E-state index contributed by atoms with van der Waals surface area (Å²) < 4.78 is 26.3. The SMILES string of the molecule is Cc1[nH]ncc1S(=O)(=O)N(CCO)c1ccccc1. The largest absolute Gasteiger partial charge is 0.394 e. The minimum Gasteiger partial charge on any atom is -0.394 e. The van der Waals surface area contributed by atoms with Gasteiger partial charge in [-0.25, -0.2) is 8.42 Å². The number of aryl methyl sites for hydroxylation is 1. The van der Waals surface area contributed by atoms with Crippen molar-refractivity contribution in [3.63, 3.8) is 0 Å². The summed E-state index contributed by atoms with van der Waals surface area (Å²) in [5, 5.41) is 15.4. The van der Waals surface area contributed by atoms with E-state index in [-0.39, 0.29) is 18.0 Å². The number of rotatable bonds is 5. The van der Waals surface area contributed by atoms with E-state index in [4.69, 9.17) is 5.11 Å². The Bertz CT molecular complexity index is 637. The van der Waals surface area contributed by atoms with Gasteiger partial charge in [-0.1, -0.05) is 18.2 Å².